The number of hydrogen-bond acceptors (Lipinski definition) is 1. The van der Waals surface area contributed by atoms with Crippen LogP contribution < -0.4 is 0 Å². The minimum Gasteiger partial charge on any atom is -0.350 e. The molecule has 0 aliphatic carbocycles. The topological polar surface area (TPSA) is 17.8 Å². The standard InChI is InChI=1S/C11H11N.C9H7N/c1-2-6-11(7-3-1)10-12-8-4-5-9-12;1-2-6-9-8(4-1)5-3-7-10-9/h1-9H,10H2;1-7H. The first-order chi connectivity index (χ1) is 10.9. The van der Waals surface area contributed by atoms with E-state index in [4.69, 9.17) is 0 Å². The molecule has 0 unspecified atom stereocenters. The molecule has 0 atom stereocenters. The van der Waals surface area contributed by atoms with Gasteiger partial charge < -0.3 is 4.57 Å². The van der Waals surface area contributed by atoms with Gasteiger partial charge in [0.25, 0.3) is 0 Å². The normalized spacial score (nSPS) is 10.0. The number of rotatable bonds is 2. The summed E-state index contributed by atoms with van der Waals surface area (Å²) in [5.74, 6) is 0. The van der Waals surface area contributed by atoms with Gasteiger partial charge in [-0.2, -0.15) is 0 Å². The van der Waals surface area contributed by atoms with E-state index < -0.39 is 0 Å². The number of aromatic nitrogens is 2. The molecular formula is C20H18N2. The van der Waals surface area contributed by atoms with Gasteiger partial charge in [-0.15, -0.1) is 0 Å². The Morgan fingerprint density at radius 2 is 1.36 bits per heavy atom. The molecule has 0 spiro atoms. The van der Waals surface area contributed by atoms with Crippen LogP contribution >= 0.6 is 0 Å². The minimum atomic E-state index is 0.966. The first kappa shape index (κ1) is 14.1. The molecule has 0 saturated carbocycles. The highest BCUT2D eigenvalue weighted by Crippen LogP contribution is 2.08. The summed E-state index contributed by atoms with van der Waals surface area (Å²) in [6.45, 7) is 0.966. The van der Waals surface area contributed by atoms with Crippen molar-refractivity contribution in [1.29, 1.82) is 0 Å². The van der Waals surface area contributed by atoms with Crippen LogP contribution in [0.5, 0.6) is 0 Å². The highest BCUT2D eigenvalue weighted by Gasteiger charge is 1.90. The van der Waals surface area contributed by atoms with Gasteiger partial charge in [0.05, 0.1) is 5.52 Å². The maximum atomic E-state index is 4.18. The van der Waals surface area contributed by atoms with E-state index in [0.717, 1.165) is 12.1 Å². The quantitative estimate of drug-likeness (QED) is 0.519. The second-order valence-corrected chi connectivity index (χ2v) is 5.04. The summed E-state index contributed by atoms with van der Waals surface area (Å²) in [5.41, 5.74) is 2.40. The summed E-state index contributed by atoms with van der Waals surface area (Å²) in [6.07, 6.45) is 5.96. The van der Waals surface area contributed by atoms with Gasteiger partial charge in [-0.05, 0) is 29.8 Å². The summed E-state index contributed by atoms with van der Waals surface area (Å²) in [5, 5.41) is 1.20. The third kappa shape index (κ3) is 3.83. The molecule has 0 aliphatic heterocycles. The van der Waals surface area contributed by atoms with Crippen LogP contribution in [-0.4, -0.2) is 9.55 Å². The number of pyridine rings is 1. The fraction of sp³-hybridized carbons (Fsp3) is 0.0500. The van der Waals surface area contributed by atoms with E-state index in [1.54, 1.807) is 0 Å². The van der Waals surface area contributed by atoms with Crippen molar-refractivity contribution in [2.24, 2.45) is 0 Å². The van der Waals surface area contributed by atoms with Gasteiger partial charge in [-0.1, -0.05) is 54.6 Å². The van der Waals surface area contributed by atoms with Gasteiger partial charge in [0, 0.05) is 30.5 Å². The Morgan fingerprint density at radius 3 is 2.14 bits per heavy atom. The molecule has 0 aliphatic rings. The molecular weight excluding hydrogens is 268 g/mol. The maximum Gasteiger partial charge on any atom is 0.0701 e. The molecule has 2 aromatic carbocycles. The Kier molecular flexibility index (Phi) is 4.63. The summed E-state index contributed by atoms with van der Waals surface area (Å²) in [7, 11) is 0. The van der Waals surface area contributed by atoms with Gasteiger partial charge in [0.2, 0.25) is 0 Å². The highest BCUT2D eigenvalue weighted by molar-refractivity contribution is 5.77. The monoisotopic (exact) mass is 286 g/mol. The molecule has 108 valence electrons. The molecule has 22 heavy (non-hydrogen) atoms. The fourth-order valence-corrected chi connectivity index (χ4v) is 2.29. The van der Waals surface area contributed by atoms with E-state index in [2.05, 4.69) is 58.3 Å². The van der Waals surface area contributed by atoms with E-state index >= 15 is 0 Å². The molecule has 0 amide bonds. The molecule has 4 aromatic rings. The van der Waals surface area contributed by atoms with Crippen molar-refractivity contribution < 1.29 is 0 Å². The largest absolute Gasteiger partial charge is 0.350 e. The molecule has 4 rings (SSSR count). The van der Waals surface area contributed by atoms with Crippen LogP contribution in [0.15, 0.2) is 97.5 Å². The molecule has 0 radical (unpaired) electrons. The Bertz CT molecular complexity index is 740. The van der Waals surface area contributed by atoms with Crippen LogP contribution in [0.25, 0.3) is 10.9 Å². The van der Waals surface area contributed by atoms with Crippen molar-refractivity contribution in [3.8, 4) is 0 Å². The zero-order valence-corrected chi connectivity index (χ0v) is 12.3. The Hall–Kier alpha value is -2.87. The van der Waals surface area contributed by atoms with Crippen LogP contribution in [0.3, 0.4) is 0 Å². The SMILES string of the molecule is c1ccc(Cn2cccc2)cc1.c1ccc2ncccc2c1. The van der Waals surface area contributed by atoms with Gasteiger partial charge >= 0.3 is 0 Å². The lowest BCUT2D eigenvalue weighted by molar-refractivity contribution is 0.806. The molecule has 2 heteroatoms. The fourth-order valence-electron chi connectivity index (χ4n) is 2.29. The van der Waals surface area contributed by atoms with Crippen LogP contribution in [0, 0.1) is 0 Å². The smallest absolute Gasteiger partial charge is 0.0701 e. The van der Waals surface area contributed by atoms with Gasteiger partial charge in [-0.25, -0.2) is 0 Å². The van der Waals surface area contributed by atoms with Crippen LogP contribution in [-0.2, 0) is 6.54 Å². The van der Waals surface area contributed by atoms with Crippen molar-refractivity contribution in [2.75, 3.05) is 0 Å². The minimum absolute atomic E-state index is 0.966. The molecule has 2 nitrogen and oxygen atoms in total. The van der Waals surface area contributed by atoms with Crippen LogP contribution in [0.2, 0.25) is 0 Å². The van der Waals surface area contributed by atoms with Gasteiger partial charge in [-0.3, -0.25) is 4.98 Å². The third-order valence-corrected chi connectivity index (χ3v) is 3.39. The second-order valence-electron chi connectivity index (χ2n) is 5.04. The lowest BCUT2D eigenvalue weighted by Gasteiger charge is -2.01. The zero-order valence-electron chi connectivity index (χ0n) is 12.3. The Morgan fingerprint density at radius 1 is 0.682 bits per heavy atom. The summed E-state index contributed by atoms with van der Waals surface area (Å²) >= 11 is 0. The van der Waals surface area contributed by atoms with Crippen molar-refractivity contribution in [2.45, 2.75) is 6.54 Å². The predicted molar refractivity (Wildman–Crippen MR) is 91.7 cm³/mol. The maximum absolute atomic E-state index is 4.18. The lowest BCUT2D eigenvalue weighted by Crippen LogP contribution is -1.94. The number of para-hydroxylation sites is 1. The second kappa shape index (κ2) is 7.23. The first-order valence-electron chi connectivity index (χ1n) is 7.36. The molecule has 2 aromatic heterocycles. The van der Waals surface area contributed by atoms with Gasteiger partial charge in [0.15, 0.2) is 0 Å². The van der Waals surface area contributed by atoms with Crippen molar-refractivity contribution in [3.63, 3.8) is 0 Å². The number of benzene rings is 2. The average Bonchev–Trinajstić information content (AvgIpc) is 3.10. The van der Waals surface area contributed by atoms with E-state index in [1.807, 2.05) is 48.7 Å². The zero-order chi connectivity index (χ0) is 15.0. The number of fused-ring (bicyclic) bond motifs is 1. The lowest BCUT2D eigenvalue weighted by atomic mass is 10.2. The summed E-state index contributed by atoms with van der Waals surface area (Å²) < 4.78 is 2.16. The number of hydrogen-bond donors (Lipinski definition) is 0. The van der Waals surface area contributed by atoms with Crippen molar-refractivity contribution in [3.05, 3.63) is 103 Å². The first-order valence-corrected chi connectivity index (χ1v) is 7.36. The highest BCUT2D eigenvalue weighted by atomic mass is 14.9. The van der Waals surface area contributed by atoms with Crippen LogP contribution in [0.4, 0.5) is 0 Å². The predicted octanol–water partition coefficient (Wildman–Crippen LogP) is 4.77. The number of nitrogens with zero attached hydrogens (tertiary/aromatic N) is 2. The summed E-state index contributed by atoms with van der Waals surface area (Å²) in [4.78, 5) is 4.18. The van der Waals surface area contributed by atoms with Crippen molar-refractivity contribution in [1.82, 2.24) is 9.55 Å². The van der Waals surface area contributed by atoms with Gasteiger partial charge in [0.1, 0.15) is 0 Å². The van der Waals surface area contributed by atoms with E-state index in [0.29, 0.717) is 0 Å². The summed E-state index contributed by atoms with van der Waals surface area (Å²) in [6, 6.07) is 26.6. The van der Waals surface area contributed by atoms with E-state index in [-0.39, 0.29) is 0 Å². The van der Waals surface area contributed by atoms with E-state index in [1.165, 1.54) is 10.9 Å². The molecule has 0 N–H and O–H groups in total. The van der Waals surface area contributed by atoms with E-state index in [9.17, 15) is 0 Å². The molecule has 0 fully saturated rings. The third-order valence-electron chi connectivity index (χ3n) is 3.39. The Labute approximate surface area is 130 Å². The van der Waals surface area contributed by atoms with Crippen molar-refractivity contribution >= 4 is 10.9 Å². The molecule has 2 heterocycles. The molecule has 0 bridgehead atoms. The van der Waals surface area contributed by atoms with Crippen LogP contribution in [0.1, 0.15) is 5.56 Å². The average molecular weight is 286 g/mol. The molecule has 0 saturated heterocycles. The Balaban J connectivity index is 0.000000133.